The molecule has 1 amide bonds. The predicted octanol–water partition coefficient (Wildman–Crippen LogP) is 2.76. The van der Waals surface area contributed by atoms with Crippen LogP contribution >= 0.6 is 12.2 Å². The van der Waals surface area contributed by atoms with Crippen molar-refractivity contribution in [1.29, 1.82) is 0 Å². The van der Waals surface area contributed by atoms with Crippen molar-refractivity contribution >= 4 is 28.9 Å². The molecule has 0 aromatic heterocycles. The third-order valence-electron chi connectivity index (χ3n) is 2.63. The number of hydrogen-bond acceptors (Lipinski definition) is 2. The molecule has 0 heterocycles. The maximum atomic E-state index is 13.6. The Kier molecular flexibility index (Phi) is 6.08. The second-order valence-corrected chi connectivity index (χ2v) is 6.11. The average molecular weight is 311 g/mol. The molecule has 6 heteroatoms. The number of halogens is 1. The zero-order valence-electron chi connectivity index (χ0n) is 12.9. The number of hydrogen-bond donors (Lipinski definition) is 2. The van der Waals surface area contributed by atoms with Crippen molar-refractivity contribution in [3.8, 4) is 0 Å². The molecule has 0 aliphatic rings. The van der Waals surface area contributed by atoms with E-state index in [1.165, 1.54) is 6.07 Å². The lowest BCUT2D eigenvalue weighted by Gasteiger charge is -2.27. The summed E-state index contributed by atoms with van der Waals surface area (Å²) in [5, 5.41) is 6.03. The first-order valence-electron chi connectivity index (χ1n) is 6.84. The van der Waals surface area contributed by atoms with Crippen molar-refractivity contribution < 1.29 is 9.18 Å². The van der Waals surface area contributed by atoms with E-state index in [0.29, 0.717) is 17.3 Å². The van der Waals surface area contributed by atoms with Crippen molar-refractivity contribution in [3.63, 3.8) is 0 Å². The van der Waals surface area contributed by atoms with Crippen LogP contribution in [0.15, 0.2) is 24.3 Å². The topological polar surface area (TPSA) is 44.4 Å². The van der Waals surface area contributed by atoms with Crippen molar-refractivity contribution in [1.82, 2.24) is 10.2 Å². The summed E-state index contributed by atoms with van der Waals surface area (Å²) in [6.45, 7) is 8.32. The van der Waals surface area contributed by atoms with Crippen LogP contribution in [0.5, 0.6) is 0 Å². The summed E-state index contributed by atoms with van der Waals surface area (Å²) in [5.74, 6) is -0.503. The van der Waals surface area contributed by atoms with Gasteiger partial charge >= 0.3 is 0 Å². The van der Waals surface area contributed by atoms with E-state index >= 15 is 0 Å². The van der Waals surface area contributed by atoms with Crippen LogP contribution in [0, 0.1) is 5.82 Å². The SMILES string of the molecule is CCN(CC(=O)NC(C)(C)C)C(=S)Nc1ccccc1F. The number of para-hydroxylation sites is 1. The van der Waals surface area contributed by atoms with Crippen molar-refractivity contribution in [2.75, 3.05) is 18.4 Å². The van der Waals surface area contributed by atoms with Gasteiger partial charge in [-0.2, -0.15) is 0 Å². The minimum absolute atomic E-state index is 0.123. The molecule has 4 nitrogen and oxygen atoms in total. The summed E-state index contributed by atoms with van der Waals surface area (Å²) in [5.41, 5.74) is 0.00838. The van der Waals surface area contributed by atoms with Crippen molar-refractivity contribution in [2.24, 2.45) is 0 Å². The third-order valence-corrected chi connectivity index (χ3v) is 2.99. The van der Waals surface area contributed by atoms with Crippen LogP contribution in [0.25, 0.3) is 0 Å². The maximum absolute atomic E-state index is 13.6. The van der Waals surface area contributed by atoms with E-state index in [1.807, 2.05) is 27.7 Å². The van der Waals surface area contributed by atoms with Gasteiger partial charge in [0.1, 0.15) is 5.82 Å². The number of benzene rings is 1. The van der Waals surface area contributed by atoms with Crippen molar-refractivity contribution in [3.05, 3.63) is 30.1 Å². The lowest BCUT2D eigenvalue weighted by atomic mass is 10.1. The number of rotatable bonds is 4. The Morgan fingerprint density at radius 1 is 1.33 bits per heavy atom. The van der Waals surface area contributed by atoms with Crippen LogP contribution in [0.1, 0.15) is 27.7 Å². The van der Waals surface area contributed by atoms with Gasteiger partial charge in [0.15, 0.2) is 5.11 Å². The molecular weight excluding hydrogens is 289 g/mol. The third kappa shape index (κ3) is 6.08. The van der Waals surface area contributed by atoms with Gasteiger partial charge < -0.3 is 15.5 Å². The summed E-state index contributed by atoms with van der Waals surface area (Å²) in [4.78, 5) is 13.6. The second-order valence-electron chi connectivity index (χ2n) is 5.72. The average Bonchev–Trinajstić information content (AvgIpc) is 2.36. The van der Waals surface area contributed by atoms with E-state index in [9.17, 15) is 9.18 Å². The first-order chi connectivity index (χ1) is 9.73. The van der Waals surface area contributed by atoms with E-state index in [4.69, 9.17) is 12.2 Å². The quantitative estimate of drug-likeness (QED) is 0.839. The first-order valence-corrected chi connectivity index (χ1v) is 7.25. The highest BCUT2D eigenvalue weighted by molar-refractivity contribution is 7.80. The Morgan fingerprint density at radius 2 is 1.95 bits per heavy atom. The molecular formula is C15H22FN3OS. The van der Waals surface area contributed by atoms with Gasteiger partial charge in [-0.1, -0.05) is 12.1 Å². The molecule has 0 fully saturated rings. The van der Waals surface area contributed by atoms with E-state index < -0.39 is 0 Å². The molecule has 2 N–H and O–H groups in total. The van der Waals surface area contributed by atoms with Gasteiger partial charge in [-0.05, 0) is 52.0 Å². The van der Waals surface area contributed by atoms with Gasteiger partial charge in [0.25, 0.3) is 0 Å². The first kappa shape index (κ1) is 17.4. The smallest absolute Gasteiger partial charge is 0.240 e. The van der Waals surface area contributed by atoms with E-state index in [1.54, 1.807) is 23.1 Å². The standard InChI is InChI=1S/C15H22FN3OS/c1-5-19(10-13(20)18-15(2,3)4)14(21)17-12-9-7-6-8-11(12)16/h6-9H,5,10H2,1-4H3,(H,17,21)(H,18,20). The van der Waals surface area contributed by atoms with Crippen LogP contribution in [0.4, 0.5) is 10.1 Å². The summed E-state index contributed by atoms with van der Waals surface area (Å²) >= 11 is 5.24. The lowest BCUT2D eigenvalue weighted by Crippen LogP contribution is -2.48. The van der Waals surface area contributed by atoms with Crippen LogP contribution < -0.4 is 10.6 Å². The van der Waals surface area contributed by atoms with Gasteiger partial charge in [0.2, 0.25) is 5.91 Å². The molecule has 0 aliphatic carbocycles. The lowest BCUT2D eigenvalue weighted by molar-refractivity contribution is -0.122. The normalized spacial score (nSPS) is 10.9. The zero-order chi connectivity index (χ0) is 16.0. The monoisotopic (exact) mass is 311 g/mol. The van der Waals surface area contributed by atoms with E-state index in [2.05, 4.69) is 10.6 Å². The molecule has 1 aromatic rings. The van der Waals surface area contributed by atoms with Crippen molar-refractivity contribution in [2.45, 2.75) is 33.2 Å². The summed E-state index contributed by atoms with van der Waals surface area (Å²) < 4.78 is 13.6. The Balaban J connectivity index is 2.66. The highest BCUT2D eigenvalue weighted by Crippen LogP contribution is 2.13. The molecule has 116 valence electrons. The fraction of sp³-hybridized carbons (Fsp3) is 0.467. The zero-order valence-corrected chi connectivity index (χ0v) is 13.7. The highest BCUT2D eigenvalue weighted by atomic mass is 32.1. The fourth-order valence-corrected chi connectivity index (χ4v) is 2.02. The Morgan fingerprint density at radius 3 is 2.48 bits per heavy atom. The maximum Gasteiger partial charge on any atom is 0.240 e. The number of likely N-dealkylation sites (N-methyl/N-ethyl adjacent to an activating group) is 1. The summed E-state index contributed by atoms with van der Waals surface area (Å²) in [6, 6.07) is 6.28. The number of amides is 1. The number of carbonyl (C=O) groups is 1. The largest absolute Gasteiger partial charge is 0.350 e. The van der Waals surface area contributed by atoms with Gasteiger partial charge in [-0.15, -0.1) is 0 Å². The molecule has 0 radical (unpaired) electrons. The van der Waals surface area contributed by atoms with Crippen LogP contribution in [0.3, 0.4) is 0 Å². The van der Waals surface area contributed by atoms with Gasteiger partial charge in [-0.3, -0.25) is 4.79 Å². The second kappa shape index (κ2) is 7.36. The highest BCUT2D eigenvalue weighted by Gasteiger charge is 2.18. The molecule has 0 saturated carbocycles. The molecule has 0 atom stereocenters. The fourth-order valence-electron chi connectivity index (χ4n) is 1.72. The molecule has 21 heavy (non-hydrogen) atoms. The Bertz CT molecular complexity index is 514. The Labute approximate surface area is 130 Å². The minimum Gasteiger partial charge on any atom is -0.350 e. The predicted molar refractivity (Wildman–Crippen MR) is 87.8 cm³/mol. The number of nitrogens with zero attached hydrogens (tertiary/aromatic N) is 1. The Hall–Kier alpha value is -1.69. The molecule has 0 unspecified atom stereocenters. The molecule has 1 rings (SSSR count). The van der Waals surface area contributed by atoms with Crippen LogP contribution in [-0.4, -0.2) is 34.5 Å². The molecule has 0 spiro atoms. The number of nitrogens with one attached hydrogen (secondary N) is 2. The number of thiocarbonyl (C=S) groups is 1. The number of anilines is 1. The van der Waals surface area contributed by atoms with Gasteiger partial charge in [0.05, 0.1) is 12.2 Å². The van der Waals surface area contributed by atoms with Gasteiger partial charge in [0, 0.05) is 12.1 Å². The molecule has 0 aliphatic heterocycles. The molecule has 0 saturated heterocycles. The van der Waals surface area contributed by atoms with E-state index in [0.717, 1.165) is 0 Å². The molecule has 0 bridgehead atoms. The van der Waals surface area contributed by atoms with Crippen LogP contribution in [-0.2, 0) is 4.79 Å². The van der Waals surface area contributed by atoms with E-state index in [-0.39, 0.29) is 23.8 Å². The minimum atomic E-state index is -0.380. The summed E-state index contributed by atoms with van der Waals surface area (Å²) in [7, 11) is 0. The van der Waals surface area contributed by atoms with Gasteiger partial charge in [-0.25, -0.2) is 4.39 Å². The number of carbonyl (C=O) groups excluding carboxylic acids is 1. The summed E-state index contributed by atoms with van der Waals surface area (Å²) in [6.07, 6.45) is 0. The molecule has 1 aromatic carbocycles. The van der Waals surface area contributed by atoms with Crippen LogP contribution in [0.2, 0.25) is 0 Å².